The van der Waals surface area contributed by atoms with E-state index >= 15 is 0 Å². The van der Waals surface area contributed by atoms with Gasteiger partial charge in [0.05, 0.1) is 10.6 Å². The number of ether oxygens (including phenoxy) is 1. The number of hydrogen-bond donors (Lipinski definition) is 1. The first kappa shape index (κ1) is 12.7. The molecule has 0 unspecified atom stereocenters. The summed E-state index contributed by atoms with van der Waals surface area (Å²) in [7, 11) is 0. The number of aromatic carboxylic acids is 1. The molecule has 0 aliphatic rings. The molecule has 1 aromatic carbocycles. The molecule has 0 bridgehead atoms. The second-order valence-electron chi connectivity index (χ2n) is 3.06. The summed E-state index contributed by atoms with van der Waals surface area (Å²) in [5, 5.41) is 8.75. The lowest BCUT2D eigenvalue weighted by Gasteiger charge is -2.11. The first-order valence-electron chi connectivity index (χ1n) is 4.36. The highest BCUT2D eigenvalue weighted by Crippen LogP contribution is 2.29. The molecule has 6 heteroatoms. The molecule has 0 radical (unpaired) electrons. The summed E-state index contributed by atoms with van der Waals surface area (Å²) < 4.78 is 28.6. The highest BCUT2D eigenvalue weighted by atomic mass is 35.5. The quantitative estimate of drug-likeness (QED) is 0.894. The minimum Gasteiger partial charge on any atom is -0.487 e. The summed E-state index contributed by atoms with van der Waals surface area (Å²) in [4.78, 5) is 10.7. The van der Waals surface area contributed by atoms with Gasteiger partial charge in [0.2, 0.25) is 0 Å². The fraction of sp³-hybridized carbons (Fsp3) is 0.300. The Balaban J connectivity index is 2.98. The van der Waals surface area contributed by atoms with Gasteiger partial charge in [0.15, 0.2) is 0 Å². The van der Waals surface area contributed by atoms with E-state index in [1.54, 1.807) is 0 Å². The maximum Gasteiger partial charge on any atom is 0.337 e. The van der Waals surface area contributed by atoms with Crippen LogP contribution in [0.1, 0.15) is 15.9 Å². The van der Waals surface area contributed by atoms with Crippen LogP contribution >= 0.6 is 11.6 Å². The van der Waals surface area contributed by atoms with E-state index in [1.165, 1.54) is 19.1 Å². The van der Waals surface area contributed by atoms with E-state index in [0.717, 1.165) is 0 Å². The van der Waals surface area contributed by atoms with Gasteiger partial charge in [-0.15, -0.1) is 0 Å². The molecule has 0 aliphatic carbocycles. The van der Waals surface area contributed by atoms with Crippen molar-refractivity contribution in [2.24, 2.45) is 0 Å². The third kappa shape index (κ3) is 2.82. The normalized spacial score (nSPS) is 10.6. The van der Waals surface area contributed by atoms with Gasteiger partial charge in [-0.2, -0.15) is 0 Å². The smallest absolute Gasteiger partial charge is 0.337 e. The lowest BCUT2D eigenvalue weighted by Crippen LogP contribution is -2.08. The molecular formula is C10H9ClF2O3. The zero-order valence-corrected chi connectivity index (χ0v) is 9.09. The molecule has 0 fully saturated rings. The molecule has 88 valence electrons. The SMILES string of the molecule is Cc1c(OCC(F)F)ccc(C(=O)O)c1Cl. The van der Waals surface area contributed by atoms with E-state index < -0.39 is 19.0 Å². The zero-order valence-electron chi connectivity index (χ0n) is 8.34. The van der Waals surface area contributed by atoms with Crippen molar-refractivity contribution >= 4 is 17.6 Å². The molecule has 16 heavy (non-hydrogen) atoms. The summed E-state index contributed by atoms with van der Waals surface area (Å²) >= 11 is 5.76. The van der Waals surface area contributed by atoms with E-state index in [9.17, 15) is 13.6 Å². The van der Waals surface area contributed by atoms with E-state index in [-0.39, 0.29) is 16.3 Å². The maximum atomic E-state index is 11.9. The van der Waals surface area contributed by atoms with E-state index in [4.69, 9.17) is 21.4 Å². The minimum absolute atomic E-state index is 0.000679. The second kappa shape index (κ2) is 5.12. The number of benzene rings is 1. The van der Waals surface area contributed by atoms with Gasteiger partial charge in [0.1, 0.15) is 12.4 Å². The van der Waals surface area contributed by atoms with Crippen LogP contribution in [0, 0.1) is 6.92 Å². The van der Waals surface area contributed by atoms with Gasteiger partial charge < -0.3 is 9.84 Å². The fourth-order valence-electron chi connectivity index (χ4n) is 1.14. The molecule has 0 amide bonds. The molecule has 0 atom stereocenters. The number of carboxylic acids is 1. The largest absolute Gasteiger partial charge is 0.487 e. The number of carbonyl (C=O) groups is 1. The lowest BCUT2D eigenvalue weighted by molar-refractivity contribution is 0.0695. The van der Waals surface area contributed by atoms with Crippen molar-refractivity contribution in [2.75, 3.05) is 6.61 Å². The molecule has 0 aromatic heterocycles. The summed E-state index contributed by atoms with van der Waals surface area (Å²) in [6.07, 6.45) is -2.59. The van der Waals surface area contributed by atoms with Crippen LogP contribution in [0.3, 0.4) is 0 Å². The Labute approximate surface area is 95.6 Å². The van der Waals surface area contributed by atoms with Crippen LogP contribution in [0.15, 0.2) is 12.1 Å². The molecule has 1 aromatic rings. The lowest BCUT2D eigenvalue weighted by atomic mass is 10.1. The fourth-order valence-corrected chi connectivity index (χ4v) is 1.38. The predicted molar refractivity (Wildman–Crippen MR) is 54.6 cm³/mol. The molecule has 3 nitrogen and oxygen atoms in total. The van der Waals surface area contributed by atoms with Crippen LogP contribution in [0.25, 0.3) is 0 Å². The van der Waals surface area contributed by atoms with Gasteiger partial charge in [-0.3, -0.25) is 0 Å². The Morgan fingerprint density at radius 2 is 2.19 bits per heavy atom. The maximum absolute atomic E-state index is 11.9. The third-order valence-electron chi connectivity index (χ3n) is 1.93. The minimum atomic E-state index is -2.59. The van der Waals surface area contributed by atoms with Crippen LogP contribution in [-0.4, -0.2) is 24.1 Å². The Hall–Kier alpha value is -1.36. The first-order chi connectivity index (χ1) is 7.43. The Morgan fingerprint density at radius 3 is 2.69 bits per heavy atom. The molecule has 1 N–H and O–H groups in total. The van der Waals surface area contributed by atoms with E-state index in [0.29, 0.717) is 5.56 Å². The molecule has 0 spiro atoms. The van der Waals surface area contributed by atoms with Crippen molar-refractivity contribution in [2.45, 2.75) is 13.3 Å². The summed E-state index contributed by atoms with van der Waals surface area (Å²) in [5.74, 6) is -1.01. The topological polar surface area (TPSA) is 46.5 Å². The highest BCUT2D eigenvalue weighted by Gasteiger charge is 2.15. The third-order valence-corrected chi connectivity index (χ3v) is 2.42. The average molecular weight is 251 g/mol. The number of rotatable bonds is 4. The number of carboxylic acid groups (broad SMARTS) is 1. The van der Waals surface area contributed by atoms with Crippen LogP contribution in [-0.2, 0) is 0 Å². The van der Waals surface area contributed by atoms with Crippen LogP contribution < -0.4 is 4.74 Å². The zero-order chi connectivity index (χ0) is 12.3. The van der Waals surface area contributed by atoms with Gasteiger partial charge in [0.25, 0.3) is 6.43 Å². The van der Waals surface area contributed by atoms with Gasteiger partial charge in [-0.05, 0) is 19.1 Å². The van der Waals surface area contributed by atoms with Crippen molar-refractivity contribution in [3.8, 4) is 5.75 Å². The highest BCUT2D eigenvalue weighted by molar-refractivity contribution is 6.34. The first-order valence-corrected chi connectivity index (χ1v) is 4.74. The Morgan fingerprint density at radius 1 is 1.56 bits per heavy atom. The second-order valence-corrected chi connectivity index (χ2v) is 3.44. The van der Waals surface area contributed by atoms with Crippen molar-refractivity contribution in [1.82, 2.24) is 0 Å². The van der Waals surface area contributed by atoms with E-state index in [1.807, 2.05) is 0 Å². The van der Waals surface area contributed by atoms with Gasteiger partial charge in [-0.1, -0.05) is 11.6 Å². The summed E-state index contributed by atoms with van der Waals surface area (Å²) in [6.45, 7) is 0.763. The molecular weight excluding hydrogens is 242 g/mol. The van der Waals surface area contributed by atoms with Crippen LogP contribution in [0.2, 0.25) is 5.02 Å². The van der Waals surface area contributed by atoms with Crippen molar-refractivity contribution in [3.05, 3.63) is 28.3 Å². The Kier molecular flexibility index (Phi) is 4.06. The molecule has 0 heterocycles. The monoisotopic (exact) mass is 250 g/mol. The van der Waals surface area contributed by atoms with Crippen molar-refractivity contribution < 1.29 is 23.4 Å². The Bertz CT molecular complexity index is 407. The molecule has 0 aliphatic heterocycles. The number of alkyl halides is 2. The summed E-state index contributed by atoms with van der Waals surface area (Å²) in [5.41, 5.74) is 0.255. The standard InChI is InChI=1S/C10H9ClF2O3/c1-5-7(16-4-8(12)13)3-2-6(9(5)11)10(14)15/h2-3,8H,4H2,1H3,(H,14,15). The van der Waals surface area contributed by atoms with Gasteiger partial charge >= 0.3 is 5.97 Å². The molecule has 0 saturated heterocycles. The van der Waals surface area contributed by atoms with Crippen LogP contribution in [0.5, 0.6) is 5.75 Å². The predicted octanol–water partition coefficient (Wildman–Crippen LogP) is 2.99. The van der Waals surface area contributed by atoms with Crippen LogP contribution in [0.4, 0.5) is 8.78 Å². The molecule has 0 saturated carbocycles. The number of hydrogen-bond acceptors (Lipinski definition) is 2. The average Bonchev–Trinajstić information content (AvgIpc) is 2.19. The summed E-state index contributed by atoms with van der Waals surface area (Å²) in [6, 6.07) is 2.53. The molecule has 1 rings (SSSR count). The number of halogens is 3. The van der Waals surface area contributed by atoms with Crippen molar-refractivity contribution in [3.63, 3.8) is 0 Å². The van der Waals surface area contributed by atoms with Crippen molar-refractivity contribution in [1.29, 1.82) is 0 Å². The van der Waals surface area contributed by atoms with E-state index in [2.05, 4.69) is 0 Å². The van der Waals surface area contributed by atoms with Gasteiger partial charge in [-0.25, -0.2) is 13.6 Å². The van der Waals surface area contributed by atoms with Gasteiger partial charge in [0, 0.05) is 5.56 Å².